The number of nitrogens with zero attached hydrogens (tertiary/aromatic N) is 6. The summed E-state index contributed by atoms with van der Waals surface area (Å²) in [5, 5.41) is 3.03. The number of urea groups is 1. The number of likely N-dealkylation sites (tertiary alicyclic amines) is 1. The first-order valence-electron chi connectivity index (χ1n) is 15.6. The van der Waals surface area contributed by atoms with Gasteiger partial charge in [-0.2, -0.15) is 9.97 Å². The zero-order valence-electron chi connectivity index (χ0n) is 26.5. The maximum Gasteiger partial charge on any atom is 0.321 e. The van der Waals surface area contributed by atoms with E-state index < -0.39 is 0 Å². The number of benzene rings is 2. The van der Waals surface area contributed by atoms with E-state index in [1.165, 1.54) is 12.8 Å². The van der Waals surface area contributed by atoms with Crippen LogP contribution in [0.15, 0.2) is 54.6 Å². The molecule has 2 fully saturated rings. The number of pyridine rings is 1. The van der Waals surface area contributed by atoms with E-state index in [4.69, 9.17) is 29.2 Å². The summed E-state index contributed by atoms with van der Waals surface area (Å²) < 4.78 is 17.3. The lowest BCUT2D eigenvalue weighted by Gasteiger charge is -2.35. The van der Waals surface area contributed by atoms with Gasteiger partial charge in [0.15, 0.2) is 17.3 Å². The van der Waals surface area contributed by atoms with Crippen molar-refractivity contribution < 1.29 is 19.0 Å². The van der Waals surface area contributed by atoms with Crippen LogP contribution >= 0.6 is 0 Å². The number of anilines is 2. The van der Waals surface area contributed by atoms with Gasteiger partial charge >= 0.3 is 12.0 Å². The maximum atomic E-state index is 13.1. The third kappa shape index (κ3) is 7.04. The number of fused-ring (bicyclic) bond motifs is 1. The zero-order valence-corrected chi connectivity index (χ0v) is 26.5. The molecular weight excluding hydrogens is 570 g/mol. The molecule has 4 heterocycles. The Morgan fingerprint density at radius 2 is 1.67 bits per heavy atom. The van der Waals surface area contributed by atoms with Crippen molar-refractivity contribution in [2.24, 2.45) is 0 Å². The van der Waals surface area contributed by atoms with Crippen LogP contribution in [0.3, 0.4) is 0 Å². The number of carbonyl (C=O) groups is 1. The molecule has 11 heteroatoms. The Hall–Kier alpha value is -4.64. The summed E-state index contributed by atoms with van der Waals surface area (Å²) in [5.74, 6) is 1.98. The summed E-state index contributed by atoms with van der Waals surface area (Å²) in [6.07, 6.45) is 2.40. The van der Waals surface area contributed by atoms with E-state index in [-0.39, 0.29) is 12.1 Å². The molecule has 0 radical (unpaired) electrons. The average molecular weight is 612 g/mol. The molecule has 1 unspecified atom stereocenters. The molecule has 6 rings (SSSR count). The first-order chi connectivity index (χ1) is 21.9. The lowest BCUT2D eigenvalue weighted by molar-refractivity contribution is 0.151. The first-order valence-corrected chi connectivity index (χ1v) is 15.6. The maximum absolute atomic E-state index is 13.1. The molecule has 11 nitrogen and oxygen atoms in total. The Labute approximate surface area is 264 Å². The van der Waals surface area contributed by atoms with Gasteiger partial charge in [0.25, 0.3) is 0 Å². The van der Waals surface area contributed by atoms with Gasteiger partial charge in [-0.15, -0.1) is 0 Å². The number of aromatic nitrogens is 3. The van der Waals surface area contributed by atoms with Gasteiger partial charge in [-0.1, -0.05) is 12.1 Å². The van der Waals surface area contributed by atoms with Crippen LogP contribution in [0, 0.1) is 6.92 Å². The van der Waals surface area contributed by atoms with Gasteiger partial charge in [0.05, 0.1) is 25.4 Å². The Bertz CT molecular complexity index is 1650. The van der Waals surface area contributed by atoms with Crippen molar-refractivity contribution in [1.29, 1.82) is 0 Å². The van der Waals surface area contributed by atoms with E-state index in [1.54, 1.807) is 14.2 Å². The monoisotopic (exact) mass is 611 g/mol. The molecule has 2 aliphatic rings. The molecular formula is C34H41N7O4. The standard InChI is InChI=1S/C34H41N7O4/c1-23-8-7-9-26(20-23)35-34(42)41-18-16-40(17-19-41)32-31-28(37-33(38-32)45-24(2)22-39-14-5-6-15-39)12-11-27(36-31)25-10-13-29(43-3)30(21-25)44-4/h7-13,20-21,24H,5-6,14-19,22H2,1-4H3,(H,35,42). The van der Waals surface area contributed by atoms with Crippen LogP contribution in [0.4, 0.5) is 16.3 Å². The van der Waals surface area contributed by atoms with Crippen LogP contribution in [0.2, 0.25) is 0 Å². The van der Waals surface area contributed by atoms with Crippen LogP contribution in [-0.2, 0) is 0 Å². The Morgan fingerprint density at radius 3 is 2.40 bits per heavy atom. The van der Waals surface area contributed by atoms with Crippen LogP contribution < -0.4 is 24.4 Å². The lowest BCUT2D eigenvalue weighted by atomic mass is 10.1. The number of rotatable bonds is 9. The average Bonchev–Trinajstić information content (AvgIpc) is 3.56. The summed E-state index contributed by atoms with van der Waals surface area (Å²) in [6, 6.07) is 17.7. The molecule has 2 aliphatic heterocycles. The number of hydrogen-bond acceptors (Lipinski definition) is 9. The van der Waals surface area contributed by atoms with Gasteiger partial charge in [-0.3, -0.25) is 4.90 Å². The van der Waals surface area contributed by atoms with Crippen LogP contribution in [-0.4, -0.2) is 96.9 Å². The third-order valence-corrected chi connectivity index (χ3v) is 8.34. The molecule has 2 saturated heterocycles. The van der Waals surface area contributed by atoms with E-state index in [9.17, 15) is 4.79 Å². The van der Waals surface area contributed by atoms with Gasteiger partial charge < -0.3 is 29.3 Å². The third-order valence-electron chi connectivity index (χ3n) is 8.34. The van der Waals surface area contributed by atoms with Gasteiger partial charge in [0.1, 0.15) is 11.6 Å². The topological polar surface area (TPSA) is 105 Å². The van der Waals surface area contributed by atoms with Crippen LogP contribution in [0.25, 0.3) is 22.3 Å². The number of piperazine rings is 1. The molecule has 4 aromatic rings. The zero-order chi connectivity index (χ0) is 31.3. The fourth-order valence-corrected chi connectivity index (χ4v) is 6.00. The predicted octanol–water partition coefficient (Wildman–Crippen LogP) is 5.23. The van der Waals surface area contributed by atoms with Crippen molar-refractivity contribution in [1.82, 2.24) is 24.8 Å². The highest BCUT2D eigenvalue weighted by Gasteiger charge is 2.26. The number of hydrogen-bond donors (Lipinski definition) is 1. The second-order valence-corrected chi connectivity index (χ2v) is 11.7. The minimum absolute atomic E-state index is 0.0606. The van der Waals surface area contributed by atoms with E-state index in [0.717, 1.165) is 42.1 Å². The molecule has 2 aromatic heterocycles. The van der Waals surface area contributed by atoms with Gasteiger partial charge in [0, 0.05) is 44.0 Å². The van der Waals surface area contributed by atoms with E-state index >= 15 is 0 Å². The van der Waals surface area contributed by atoms with Gasteiger partial charge in [-0.25, -0.2) is 9.78 Å². The second-order valence-electron chi connectivity index (χ2n) is 11.7. The Balaban J connectivity index is 1.27. The second kappa shape index (κ2) is 13.6. The molecule has 1 N–H and O–H groups in total. The molecule has 2 amide bonds. The number of methoxy groups -OCH3 is 2. The molecule has 236 valence electrons. The van der Waals surface area contributed by atoms with Crippen LogP contribution in [0.1, 0.15) is 25.3 Å². The lowest BCUT2D eigenvalue weighted by Crippen LogP contribution is -2.50. The molecule has 1 atom stereocenters. The molecule has 45 heavy (non-hydrogen) atoms. The summed E-state index contributed by atoms with van der Waals surface area (Å²) in [6.45, 7) is 9.38. The highest BCUT2D eigenvalue weighted by atomic mass is 16.5. The van der Waals surface area contributed by atoms with Crippen molar-refractivity contribution in [3.63, 3.8) is 0 Å². The Morgan fingerprint density at radius 1 is 0.889 bits per heavy atom. The summed E-state index contributed by atoms with van der Waals surface area (Å²) >= 11 is 0. The normalized spacial score (nSPS) is 16.1. The van der Waals surface area contributed by atoms with E-state index in [1.807, 2.05) is 66.4 Å². The summed E-state index contributed by atoms with van der Waals surface area (Å²) in [4.78, 5) is 34.3. The quantitative estimate of drug-likeness (QED) is 0.272. The SMILES string of the molecule is COc1ccc(-c2ccc3nc(OC(C)CN4CCCC4)nc(N4CCN(C(=O)Nc5cccc(C)c5)CC4)c3n2)cc1OC. The largest absolute Gasteiger partial charge is 0.493 e. The highest BCUT2D eigenvalue weighted by molar-refractivity contribution is 5.90. The van der Waals surface area contributed by atoms with Crippen molar-refractivity contribution in [3.8, 4) is 28.8 Å². The number of carbonyl (C=O) groups excluding carboxylic acids is 1. The molecule has 0 aliphatic carbocycles. The number of nitrogens with one attached hydrogen (secondary N) is 1. The van der Waals surface area contributed by atoms with Crippen LogP contribution in [0.5, 0.6) is 17.5 Å². The van der Waals surface area contributed by atoms with E-state index in [0.29, 0.717) is 60.5 Å². The fraction of sp³-hybridized carbons (Fsp3) is 0.412. The van der Waals surface area contributed by atoms with Crippen molar-refractivity contribution in [2.75, 3.05) is 70.2 Å². The van der Waals surface area contributed by atoms with Crippen molar-refractivity contribution >= 4 is 28.6 Å². The first kappa shape index (κ1) is 30.4. The number of amides is 2. The van der Waals surface area contributed by atoms with Crippen molar-refractivity contribution in [3.05, 3.63) is 60.2 Å². The fourth-order valence-electron chi connectivity index (χ4n) is 6.00. The minimum atomic E-state index is -0.110. The van der Waals surface area contributed by atoms with Crippen molar-refractivity contribution in [2.45, 2.75) is 32.8 Å². The van der Waals surface area contributed by atoms with E-state index in [2.05, 4.69) is 22.0 Å². The highest BCUT2D eigenvalue weighted by Crippen LogP contribution is 2.34. The number of ether oxygens (including phenoxy) is 3. The number of aryl methyl sites for hydroxylation is 1. The Kier molecular flexibility index (Phi) is 9.16. The molecule has 0 bridgehead atoms. The van der Waals surface area contributed by atoms with Gasteiger partial charge in [-0.05, 0) is 87.8 Å². The smallest absolute Gasteiger partial charge is 0.321 e. The summed E-state index contributed by atoms with van der Waals surface area (Å²) in [5.41, 5.74) is 4.92. The summed E-state index contributed by atoms with van der Waals surface area (Å²) in [7, 11) is 3.24. The predicted molar refractivity (Wildman–Crippen MR) is 176 cm³/mol. The molecule has 2 aromatic carbocycles. The molecule has 0 spiro atoms. The minimum Gasteiger partial charge on any atom is -0.493 e. The van der Waals surface area contributed by atoms with Gasteiger partial charge in [0.2, 0.25) is 0 Å². The molecule has 0 saturated carbocycles.